The number of anilines is 1. The maximum atomic E-state index is 13.3. The van der Waals surface area contributed by atoms with Crippen molar-refractivity contribution in [3.05, 3.63) is 50.9 Å². The second kappa shape index (κ2) is 9.59. The SMILES string of the molecule is COCCOC(=O)c1sc2ncn(C(C)C(=O)c3ccc4c(c3)N(C)C(=O)C(C)O4)c(=O)c2c1C. The predicted octanol–water partition coefficient (Wildman–Crippen LogP) is 2.76. The normalized spacial score (nSPS) is 16.1. The number of carbonyl (C=O) groups excluding carboxylic acids is 3. The smallest absolute Gasteiger partial charge is 0.348 e. The van der Waals surface area contributed by atoms with Gasteiger partial charge in [-0.1, -0.05) is 0 Å². The molecule has 3 heterocycles. The molecule has 2 unspecified atom stereocenters. The van der Waals surface area contributed by atoms with Gasteiger partial charge in [0.2, 0.25) is 0 Å². The van der Waals surface area contributed by atoms with Crippen LogP contribution >= 0.6 is 11.3 Å². The number of nitrogens with zero attached hydrogens (tertiary/aromatic N) is 3. The van der Waals surface area contributed by atoms with Gasteiger partial charge in [-0.15, -0.1) is 11.3 Å². The third-order valence-electron chi connectivity index (χ3n) is 5.97. The van der Waals surface area contributed by atoms with Crippen LogP contribution in [0.2, 0.25) is 0 Å². The van der Waals surface area contributed by atoms with Crippen LogP contribution in [-0.2, 0) is 14.3 Å². The Hall–Kier alpha value is -3.57. The molecular formula is C24H25N3O7S. The molecule has 4 rings (SSSR count). The fourth-order valence-electron chi connectivity index (χ4n) is 3.92. The van der Waals surface area contributed by atoms with E-state index in [-0.39, 0.29) is 35.2 Å². The van der Waals surface area contributed by atoms with Gasteiger partial charge in [0.15, 0.2) is 11.9 Å². The highest BCUT2D eigenvalue weighted by atomic mass is 32.1. The van der Waals surface area contributed by atoms with Gasteiger partial charge in [-0.3, -0.25) is 19.0 Å². The number of hydrogen-bond donors (Lipinski definition) is 0. The zero-order valence-corrected chi connectivity index (χ0v) is 20.8. The minimum Gasteiger partial charge on any atom is -0.479 e. The minimum absolute atomic E-state index is 0.0950. The molecule has 10 nitrogen and oxygen atoms in total. The van der Waals surface area contributed by atoms with Crippen molar-refractivity contribution in [1.82, 2.24) is 9.55 Å². The lowest BCUT2D eigenvalue weighted by Gasteiger charge is -2.30. The molecule has 0 saturated carbocycles. The molecule has 3 aromatic rings. The van der Waals surface area contributed by atoms with Gasteiger partial charge in [0.05, 0.1) is 30.0 Å². The zero-order chi connectivity index (χ0) is 25.4. The number of benzene rings is 1. The van der Waals surface area contributed by atoms with Crippen molar-refractivity contribution in [2.24, 2.45) is 0 Å². The van der Waals surface area contributed by atoms with Gasteiger partial charge in [-0.05, 0) is 44.5 Å². The molecule has 0 N–H and O–H groups in total. The Morgan fingerprint density at radius 2 is 2.00 bits per heavy atom. The summed E-state index contributed by atoms with van der Waals surface area (Å²) in [4.78, 5) is 57.8. The lowest BCUT2D eigenvalue weighted by Crippen LogP contribution is -2.42. The Labute approximate surface area is 205 Å². The highest BCUT2D eigenvalue weighted by molar-refractivity contribution is 7.20. The number of ether oxygens (including phenoxy) is 3. The summed E-state index contributed by atoms with van der Waals surface area (Å²) in [5.41, 5.74) is 0.838. The van der Waals surface area contributed by atoms with Gasteiger partial charge in [-0.2, -0.15) is 0 Å². The maximum Gasteiger partial charge on any atom is 0.348 e. The lowest BCUT2D eigenvalue weighted by molar-refractivity contribution is -0.125. The number of methoxy groups -OCH3 is 1. The number of aryl methyl sites for hydroxylation is 1. The molecule has 2 atom stereocenters. The van der Waals surface area contributed by atoms with E-state index in [1.807, 2.05) is 0 Å². The van der Waals surface area contributed by atoms with Crippen molar-refractivity contribution in [3.63, 3.8) is 0 Å². The first-order chi connectivity index (χ1) is 16.6. The van der Waals surface area contributed by atoms with Crippen LogP contribution in [0.25, 0.3) is 10.2 Å². The second-order valence-electron chi connectivity index (χ2n) is 8.20. The van der Waals surface area contributed by atoms with Crippen LogP contribution < -0.4 is 15.2 Å². The van der Waals surface area contributed by atoms with Gasteiger partial charge in [0.1, 0.15) is 22.1 Å². The first-order valence-corrected chi connectivity index (χ1v) is 11.8. The Kier molecular flexibility index (Phi) is 6.73. The summed E-state index contributed by atoms with van der Waals surface area (Å²) in [6.45, 7) is 5.28. The molecule has 11 heteroatoms. The molecule has 35 heavy (non-hydrogen) atoms. The highest BCUT2D eigenvalue weighted by Gasteiger charge is 2.30. The summed E-state index contributed by atoms with van der Waals surface area (Å²) in [5.74, 6) is -0.599. The van der Waals surface area contributed by atoms with Crippen LogP contribution in [0.1, 0.15) is 45.5 Å². The van der Waals surface area contributed by atoms with Crippen LogP contribution in [-0.4, -0.2) is 60.7 Å². The summed E-state index contributed by atoms with van der Waals surface area (Å²) in [6, 6.07) is 3.95. The van der Waals surface area contributed by atoms with Crippen LogP contribution in [0.5, 0.6) is 5.75 Å². The van der Waals surface area contributed by atoms with Crippen LogP contribution in [0.15, 0.2) is 29.3 Å². The maximum absolute atomic E-state index is 13.3. The second-order valence-corrected chi connectivity index (χ2v) is 9.20. The van der Waals surface area contributed by atoms with E-state index in [9.17, 15) is 19.2 Å². The van der Waals surface area contributed by atoms with Gasteiger partial charge in [0, 0.05) is 19.7 Å². The molecular weight excluding hydrogens is 474 g/mol. The van der Waals surface area contributed by atoms with Gasteiger partial charge in [0.25, 0.3) is 11.5 Å². The molecule has 1 aliphatic heterocycles. The van der Waals surface area contributed by atoms with E-state index in [0.717, 1.165) is 11.3 Å². The van der Waals surface area contributed by atoms with Gasteiger partial charge in [-0.25, -0.2) is 9.78 Å². The molecule has 2 aromatic heterocycles. The molecule has 184 valence electrons. The van der Waals surface area contributed by atoms with Gasteiger partial charge >= 0.3 is 5.97 Å². The number of amides is 1. The summed E-state index contributed by atoms with van der Waals surface area (Å²) < 4.78 is 16.9. The van der Waals surface area contributed by atoms with E-state index >= 15 is 0 Å². The third kappa shape index (κ3) is 4.32. The molecule has 1 aliphatic rings. The highest BCUT2D eigenvalue weighted by Crippen LogP contribution is 2.35. The van der Waals surface area contributed by atoms with Crippen LogP contribution in [0, 0.1) is 6.92 Å². The van der Waals surface area contributed by atoms with Crippen LogP contribution in [0.3, 0.4) is 0 Å². The number of ketones is 1. The molecule has 1 amide bonds. The number of rotatable bonds is 7. The molecule has 1 aromatic carbocycles. The summed E-state index contributed by atoms with van der Waals surface area (Å²) in [6.07, 6.45) is 0.697. The van der Waals surface area contributed by atoms with E-state index in [4.69, 9.17) is 14.2 Å². The fraction of sp³-hybridized carbons (Fsp3) is 0.375. The molecule has 0 saturated heterocycles. The van der Waals surface area contributed by atoms with Crippen molar-refractivity contribution in [2.75, 3.05) is 32.3 Å². The van der Waals surface area contributed by atoms with Crippen molar-refractivity contribution in [2.45, 2.75) is 32.9 Å². The van der Waals surface area contributed by atoms with Crippen molar-refractivity contribution in [3.8, 4) is 5.75 Å². The average Bonchev–Trinajstić information content (AvgIpc) is 3.19. The Morgan fingerprint density at radius 1 is 1.26 bits per heavy atom. The van der Waals surface area contributed by atoms with E-state index in [0.29, 0.717) is 27.4 Å². The first-order valence-electron chi connectivity index (χ1n) is 10.9. The number of fused-ring (bicyclic) bond motifs is 2. The van der Waals surface area contributed by atoms with Crippen molar-refractivity contribution < 1.29 is 28.6 Å². The van der Waals surface area contributed by atoms with Crippen LogP contribution in [0.4, 0.5) is 5.69 Å². The van der Waals surface area contributed by atoms with Crippen molar-refractivity contribution >= 4 is 44.9 Å². The molecule has 0 radical (unpaired) electrons. The quantitative estimate of drug-likeness (QED) is 0.277. The fourth-order valence-corrected chi connectivity index (χ4v) is 4.96. The van der Waals surface area contributed by atoms with E-state index in [1.54, 1.807) is 46.0 Å². The lowest BCUT2D eigenvalue weighted by atomic mass is 10.0. The Balaban J connectivity index is 1.66. The number of likely N-dealkylation sites (N-methyl/N-ethyl adjacent to an activating group) is 1. The van der Waals surface area contributed by atoms with E-state index in [2.05, 4.69) is 4.98 Å². The largest absolute Gasteiger partial charge is 0.479 e. The van der Waals surface area contributed by atoms with Crippen molar-refractivity contribution in [1.29, 1.82) is 0 Å². The van der Waals surface area contributed by atoms with E-state index in [1.165, 1.54) is 22.9 Å². The summed E-state index contributed by atoms with van der Waals surface area (Å²) in [7, 11) is 3.13. The number of aromatic nitrogens is 2. The minimum atomic E-state index is -0.877. The monoisotopic (exact) mass is 499 g/mol. The molecule has 0 bridgehead atoms. The summed E-state index contributed by atoms with van der Waals surface area (Å²) >= 11 is 1.07. The number of hydrogen-bond acceptors (Lipinski definition) is 9. The topological polar surface area (TPSA) is 117 Å². The van der Waals surface area contributed by atoms with Gasteiger partial charge < -0.3 is 19.1 Å². The number of Topliss-reactive ketones (excluding diaryl/α,β-unsaturated/α-hetero) is 1. The predicted molar refractivity (Wildman–Crippen MR) is 130 cm³/mol. The number of esters is 1. The summed E-state index contributed by atoms with van der Waals surface area (Å²) in [5, 5.41) is 0.272. The van der Waals surface area contributed by atoms with E-state index < -0.39 is 23.7 Å². The zero-order valence-electron chi connectivity index (χ0n) is 20.0. The molecule has 0 spiro atoms. The average molecular weight is 500 g/mol. The first kappa shape index (κ1) is 24.6. The Morgan fingerprint density at radius 3 is 2.71 bits per heavy atom. The molecule has 0 aliphatic carbocycles. The standard InChI is InChI=1S/C24H25N3O7S/c1-12-18-21(35-20(12)24(31)33-9-8-32-5)25-11-27(23(18)30)13(2)19(28)15-6-7-17-16(10-15)26(4)22(29)14(3)34-17/h6-7,10-11,13-14H,8-9H2,1-5H3. The Bertz CT molecular complexity index is 1390. The third-order valence-corrected chi connectivity index (χ3v) is 7.15. The number of carbonyl (C=O) groups is 3. The number of thiophene rings is 1. The molecule has 0 fully saturated rings.